The van der Waals surface area contributed by atoms with Crippen molar-refractivity contribution in [2.75, 3.05) is 0 Å². The van der Waals surface area contributed by atoms with Gasteiger partial charge in [-0.15, -0.1) is 11.3 Å². The van der Waals surface area contributed by atoms with Crippen LogP contribution in [0, 0.1) is 5.92 Å². The summed E-state index contributed by atoms with van der Waals surface area (Å²) in [4.78, 5) is 13.7. The Morgan fingerprint density at radius 3 is 3.11 bits per heavy atom. The van der Waals surface area contributed by atoms with Gasteiger partial charge in [0.05, 0.1) is 5.54 Å². The van der Waals surface area contributed by atoms with E-state index in [0.717, 1.165) is 25.7 Å². The summed E-state index contributed by atoms with van der Waals surface area (Å²) >= 11 is 1.73. The molecule has 1 aromatic rings. The van der Waals surface area contributed by atoms with Gasteiger partial charge < -0.3 is 11.1 Å². The Labute approximate surface area is 119 Å². The normalized spacial score (nSPS) is 28.9. The summed E-state index contributed by atoms with van der Waals surface area (Å²) in [5.41, 5.74) is 5.65. The lowest BCUT2D eigenvalue weighted by molar-refractivity contribution is -0.128. The number of nitrogens with one attached hydrogen (secondary N) is 1. The summed E-state index contributed by atoms with van der Waals surface area (Å²) in [5.74, 6) is 0.584. The van der Waals surface area contributed by atoms with E-state index in [-0.39, 0.29) is 11.9 Å². The lowest BCUT2D eigenvalue weighted by Crippen LogP contribution is -2.57. The zero-order valence-electron chi connectivity index (χ0n) is 11.8. The Bertz CT molecular complexity index is 418. The van der Waals surface area contributed by atoms with Crippen LogP contribution in [0.15, 0.2) is 17.5 Å². The zero-order valence-corrected chi connectivity index (χ0v) is 12.6. The minimum Gasteiger partial charge on any atom is -0.352 e. The van der Waals surface area contributed by atoms with Crippen molar-refractivity contribution in [1.29, 1.82) is 0 Å². The average Bonchev–Trinajstić information content (AvgIpc) is 2.81. The Morgan fingerprint density at radius 1 is 1.68 bits per heavy atom. The maximum atomic E-state index is 12.4. The standard InChI is InChI=1S/C15H24N2OS/c1-11-5-3-7-15(16,10-11)14(18)17-12(2)9-13-6-4-8-19-13/h4,6,8,11-12H,3,5,7,9-10,16H2,1-2H3,(H,17,18). The topological polar surface area (TPSA) is 55.1 Å². The number of hydrogen-bond acceptors (Lipinski definition) is 3. The fourth-order valence-electron chi connectivity index (χ4n) is 2.95. The van der Waals surface area contributed by atoms with E-state index in [4.69, 9.17) is 5.73 Å². The van der Waals surface area contributed by atoms with E-state index >= 15 is 0 Å². The van der Waals surface area contributed by atoms with Crippen molar-refractivity contribution in [2.45, 2.75) is 57.5 Å². The van der Waals surface area contributed by atoms with Crippen LogP contribution in [0.3, 0.4) is 0 Å². The highest BCUT2D eigenvalue weighted by Crippen LogP contribution is 2.30. The third kappa shape index (κ3) is 3.80. The van der Waals surface area contributed by atoms with Crippen molar-refractivity contribution in [2.24, 2.45) is 11.7 Å². The summed E-state index contributed by atoms with van der Waals surface area (Å²) < 4.78 is 0. The van der Waals surface area contributed by atoms with Gasteiger partial charge in [-0.05, 0) is 37.1 Å². The van der Waals surface area contributed by atoms with E-state index in [1.807, 2.05) is 13.0 Å². The van der Waals surface area contributed by atoms with E-state index in [9.17, 15) is 4.79 Å². The molecule has 0 aliphatic heterocycles. The van der Waals surface area contributed by atoms with E-state index in [1.54, 1.807) is 11.3 Å². The molecule has 106 valence electrons. The van der Waals surface area contributed by atoms with Crippen molar-refractivity contribution < 1.29 is 4.79 Å². The predicted octanol–water partition coefficient (Wildman–Crippen LogP) is 2.70. The molecular formula is C15H24N2OS. The van der Waals surface area contributed by atoms with Crippen LogP contribution in [-0.2, 0) is 11.2 Å². The fraction of sp³-hybridized carbons (Fsp3) is 0.667. The molecule has 4 heteroatoms. The van der Waals surface area contributed by atoms with Gasteiger partial charge in [-0.3, -0.25) is 4.79 Å². The predicted molar refractivity (Wildman–Crippen MR) is 80.2 cm³/mol. The van der Waals surface area contributed by atoms with Crippen LogP contribution in [0.4, 0.5) is 0 Å². The number of amides is 1. The lowest BCUT2D eigenvalue weighted by atomic mass is 9.76. The van der Waals surface area contributed by atoms with Gasteiger partial charge in [0.2, 0.25) is 5.91 Å². The molecule has 1 amide bonds. The quantitative estimate of drug-likeness (QED) is 0.891. The van der Waals surface area contributed by atoms with Crippen molar-refractivity contribution in [3.05, 3.63) is 22.4 Å². The van der Waals surface area contributed by atoms with Crippen molar-refractivity contribution in [3.63, 3.8) is 0 Å². The third-order valence-corrected chi connectivity index (χ3v) is 4.85. The molecule has 3 N–H and O–H groups in total. The molecule has 2 rings (SSSR count). The van der Waals surface area contributed by atoms with Gasteiger partial charge in [0.15, 0.2) is 0 Å². The minimum atomic E-state index is -0.651. The minimum absolute atomic E-state index is 0.0307. The average molecular weight is 280 g/mol. The number of nitrogens with two attached hydrogens (primary N) is 1. The molecule has 1 heterocycles. The van der Waals surface area contributed by atoms with Gasteiger partial charge in [0.25, 0.3) is 0 Å². The van der Waals surface area contributed by atoms with Crippen LogP contribution in [-0.4, -0.2) is 17.5 Å². The number of carbonyl (C=O) groups excluding carboxylic acids is 1. The van der Waals surface area contributed by atoms with Crippen molar-refractivity contribution >= 4 is 17.2 Å². The van der Waals surface area contributed by atoms with Crippen molar-refractivity contribution in [3.8, 4) is 0 Å². The Morgan fingerprint density at radius 2 is 2.47 bits per heavy atom. The highest BCUT2D eigenvalue weighted by molar-refractivity contribution is 7.09. The number of thiophene rings is 1. The molecule has 3 atom stereocenters. The second-order valence-corrected chi connectivity index (χ2v) is 7.05. The summed E-state index contributed by atoms with van der Waals surface area (Å²) in [5, 5.41) is 5.16. The largest absolute Gasteiger partial charge is 0.352 e. The summed E-state index contributed by atoms with van der Waals surface area (Å²) in [6.07, 6.45) is 4.76. The van der Waals surface area contributed by atoms with Crippen LogP contribution in [0.1, 0.15) is 44.4 Å². The summed E-state index contributed by atoms with van der Waals surface area (Å²) in [6, 6.07) is 4.29. The first-order chi connectivity index (χ1) is 8.99. The van der Waals surface area contributed by atoms with Crippen LogP contribution in [0.5, 0.6) is 0 Å². The molecule has 0 spiro atoms. The lowest BCUT2D eigenvalue weighted by Gasteiger charge is -2.36. The Hall–Kier alpha value is -0.870. The first-order valence-electron chi connectivity index (χ1n) is 7.12. The molecule has 0 aromatic carbocycles. The fourth-order valence-corrected chi connectivity index (χ4v) is 3.78. The first kappa shape index (κ1) is 14.5. The van der Waals surface area contributed by atoms with Crippen LogP contribution < -0.4 is 11.1 Å². The smallest absolute Gasteiger partial charge is 0.240 e. The first-order valence-corrected chi connectivity index (χ1v) is 8.00. The summed E-state index contributed by atoms with van der Waals surface area (Å²) in [7, 11) is 0. The Balaban J connectivity index is 1.89. The van der Waals surface area contributed by atoms with Crippen LogP contribution in [0.2, 0.25) is 0 Å². The van der Waals surface area contributed by atoms with Gasteiger partial charge in [-0.1, -0.05) is 25.8 Å². The van der Waals surface area contributed by atoms with Gasteiger partial charge in [-0.2, -0.15) is 0 Å². The maximum Gasteiger partial charge on any atom is 0.240 e. The third-order valence-electron chi connectivity index (χ3n) is 3.95. The molecule has 1 fully saturated rings. The molecule has 1 aliphatic rings. The molecule has 0 saturated heterocycles. The zero-order chi connectivity index (χ0) is 13.9. The van der Waals surface area contributed by atoms with E-state index in [1.165, 1.54) is 11.3 Å². The summed E-state index contributed by atoms with van der Waals surface area (Å²) in [6.45, 7) is 4.23. The maximum absolute atomic E-state index is 12.4. The van der Waals surface area contributed by atoms with Crippen LogP contribution in [0.25, 0.3) is 0 Å². The molecule has 0 radical (unpaired) electrons. The second-order valence-electron chi connectivity index (χ2n) is 6.02. The van der Waals surface area contributed by atoms with E-state index < -0.39 is 5.54 Å². The molecule has 3 nitrogen and oxygen atoms in total. The molecule has 19 heavy (non-hydrogen) atoms. The number of rotatable bonds is 4. The highest BCUT2D eigenvalue weighted by Gasteiger charge is 2.38. The molecule has 3 unspecified atom stereocenters. The van der Waals surface area contributed by atoms with Gasteiger partial charge in [0.1, 0.15) is 0 Å². The SMILES string of the molecule is CC1CCCC(N)(C(=O)NC(C)Cc2cccs2)C1. The highest BCUT2D eigenvalue weighted by atomic mass is 32.1. The van der Waals surface area contributed by atoms with Gasteiger partial charge in [0, 0.05) is 17.3 Å². The number of hydrogen-bond donors (Lipinski definition) is 2. The van der Waals surface area contributed by atoms with E-state index in [0.29, 0.717) is 5.92 Å². The Kier molecular flexibility index (Phi) is 4.63. The van der Waals surface area contributed by atoms with Gasteiger partial charge in [-0.25, -0.2) is 0 Å². The molecule has 1 saturated carbocycles. The molecule has 0 bridgehead atoms. The number of carbonyl (C=O) groups is 1. The van der Waals surface area contributed by atoms with Crippen molar-refractivity contribution in [1.82, 2.24) is 5.32 Å². The molecule has 1 aliphatic carbocycles. The monoisotopic (exact) mass is 280 g/mol. The van der Waals surface area contributed by atoms with Gasteiger partial charge >= 0.3 is 0 Å². The molecular weight excluding hydrogens is 256 g/mol. The molecule has 1 aromatic heterocycles. The van der Waals surface area contributed by atoms with E-state index in [2.05, 4.69) is 23.7 Å². The van der Waals surface area contributed by atoms with Crippen LogP contribution >= 0.6 is 11.3 Å². The second kappa shape index (κ2) is 6.06.